The van der Waals surface area contributed by atoms with Gasteiger partial charge in [-0.25, -0.2) is 0 Å². The number of rotatable bonds is 3. The lowest BCUT2D eigenvalue weighted by Gasteiger charge is -2.38. The molecule has 0 radical (unpaired) electrons. The third kappa shape index (κ3) is 2.00. The van der Waals surface area contributed by atoms with Crippen molar-refractivity contribution in [3.05, 3.63) is 69.7 Å². The molecule has 0 aliphatic carbocycles. The van der Waals surface area contributed by atoms with Gasteiger partial charge < -0.3 is 0 Å². The molecular weight excluding hydrogens is 343 g/mol. The third-order valence-electron chi connectivity index (χ3n) is 4.16. The van der Waals surface area contributed by atoms with Crippen LogP contribution in [0.15, 0.2) is 68.5 Å². The number of hydrogen-bond acceptors (Lipinski definition) is 4. The number of hydrogen-bond donors (Lipinski definition) is 0. The van der Waals surface area contributed by atoms with Crippen molar-refractivity contribution in [3.8, 4) is 0 Å². The highest BCUT2D eigenvalue weighted by molar-refractivity contribution is 6.32. The monoisotopic (exact) mass is 354 g/mol. The van der Waals surface area contributed by atoms with Gasteiger partial charge in [0, 0.05) is 46.0 Å². The lowest BCUT2D eigenvalue weighted by atomic mass is 9.82. The summed E-state index contributed by atoms with van der Waals surface area (Å²) in [6, 6.07) is 14.9. The van der Waals surface area contributed by atoms with Crippen molar-refractivity contribution in [1.82, 2.24) is 0 Å². The lowest BCUT2D eigenvalue weighted by molar-refractivity contribution is 0.259. The molecule has 0 fully saturated rings. The smallest absolute Gasteiger partial charge is 0.226 e. The van der Waals surface area contributed by atoms with Crippen molar-refractivity contribution in [2.75, 3.05) is 0 Å². The van der Waals surface area contributed by atoms with Gasteiger partial charge in [0.25, 0.3) is 0 Å². The van der Waals surface area contributed by atoms with Crippen LogP contribution in [0.3, 0.4) is 0 Å². The molecule has 4 rings (SSSR count). The summed E-state index contributed by atoms with van der Waals surface area (Å²) < 4.78 is 0. The van der Waals surface area contributed by atoms with Gasteiger partial charge in [0.05, 0.1) is 0 Å². The number of nitrogens with zero attached hydrogens (tertiary/aromatic N) is 4. The van der Waals surface area contributed by atoms with Gasteiger partial charge in [-0.3, -0.25) is 20.0 Å². The van der Waals surface area contributed by atoms with Crippen LogP contribution in [-0.4, -0.2) is 24.9 Å². The topological polar surface area (TPSA) is 49.4 Å². The summed E-state index contributed by atoms with van der Waals surface area (Å²) in [6.07, 6.45) is 6.58. The zero-order valence-electron chi connectivity index (χ0n) is 12.5. The maximum Gasteiger partial charge on any atom is 0.226 e. The van der Waals surface area contributed by atoms with Crippen LogP contribution in [-0.2, 0) is 11.3 Å². The summed E-state index contributed by atoms with van der Waals surface area (Å²) in [5, 5.41) is 1.11. The maximum atomic E-state index is 6.48. The molecule has 2 aliphatic rings. The molecule has 2 aromatic carbocycles. The minimum Gasteiger partial charge on any atom is -0.252 e. The highest BCUT2D eigenvalue weighted by atomic mass is 35.5. The molecule has 0 atom stereocenters. The van der Waals surface area contributed by atoms with Gasteiger partial charge in [-0.1, -0.05) is 59.6 Å². The highest BCUT2D eigenvalue weighted by Crippen LogP contribution is 2.53. The van der Waals surface area contributed by atoms with E-state index in [-0.39, 0.29) is 0 Å². The summed E-state index contributed by atoms with van der Waals surface area (Å²) >= 11 is 13.0. The van der Waals surface area contributed by atoms with Gasteiger partial charge in [0.1, 0.15) is 0 Å². The van der Waals surface area contributed by atoms with Crippen molar-refractivity contribution in [2.24, 2.45) is 20.0 Å². The Hall–Kier alpha value is -2.30. The van der Waals surface area contributed by atoms with E-state index >= 15 is 0 Å². The van der Waals surface area contributed by atoms with Crippen LogP contribution < -0.4 is 0 Å². The van der Waals surface area contributed by atoms with Crippen molar-refractivity contribution < 1.29 is 0 Å². The molecule has 6 heteroatoms. The fourth-order valence-corrected chi connectivity index (χ4v) is 3.67. The molecule has 0 saturated carbocycles. The van der Waals surface area contributed by atoms with E-state index in [1.165, 1.54) is 0 Å². The summed E-state index contributed by atoms with van der Waals surface area (Å²) in [5.74, 6) is 0. The first-order valence-electron chi connectivity index (χ1n) is 7.38. The minimum absolute atomic E-state index is 0.553. The molecule has 0 saturated heterocycles. The predicted octanol–water partition coefficient (Wildman–Crippen LogP) is 4.31. The van der Waals surface area contributed by atoms with Gasteiger partial charge in [-0.15, -0.1) is 0 Å². The second-order valence-electron chi connectivity index (χ2n) is 5.42. The van der Waals surface area contributed by atoms with Crippen LogP contribution in [0.25, 0.3) is 0 Å². The highest BCUT2D eigenvalue weighted by Gasteiger charge is 2.57. The van der Waals surface area contributed by atoms with Crippen LogP contribution in [0.5, 0.6) is 0 Å². The standard InChI is InChI=1S/C18H12Cl2N4/c19-15-7-3-1-5-13(15)17(21-9-10-22-17)18(23-11-12-24-18)14-6-2-4-8-16(14)20/h1-12H. The molecule has 24 heavy (non-hydrogen) atoms. The first kappa shape index (κ1) is 15.2. The van der Waals surface area contributed by atoms with Crippen molar-refractivity contribution in [1.29, 1.82) is 0 Å². The third-order valence-corrected chi connectivity index (χ3v) is 4.82. The minimum atomic E-state index is -1.13. The fourth-order valence-electron chi connectivity index (χ4n) is 3.13. The number of aliphatic imine (C=N–C) groups is 4. The molecule has 0 bridgehead atoms. The summed E-state index contributed by atoms with van der Waals surface area (Å²) in [5.41, 5.74) is -0.791. The van der Waals surface area contributed by atoms with Crippen LogP contribution >= 0.6 is 23.2 Å². The van der Waals surface area contributed by atoms with E-state index in [0.29, 0.717) is 10.0 Å². The lowest BCUT2D eigenvalue weighted by Crippen LogP contribution is -2.43. The summed E-state index contributed by atoms with van der Waals surface area (Å²) in [4.78, 5) is 18.6. The first-order valence-corrected chi connectivity index (χ1v) is 8.13. The van der Waals surface area contributed by atoms with Gasteiger partial charge in [0.2, 0.25) is 11.3 Å². The van der Waals surface area contributed by atoms with Gasteiger partial charge in [0.15, 0.2) is 0 Å². The largest absolute Gasteiger partial charge is 0.252 e. The van der Waals surface area contributed by atoms with E-state index in [1.54, 1.807) is 24.9 Å². The van der Waals surface area contributed by atoms with Crippen LogP contribution in [0.2, 0.25) is 10.0 Å². The first-order chi connectivity index (χ1) is 11.7. The van der Waals surface area contributed by atoms with Gasteiger partial charge >= 0.3 is 0 Å². The summed E-state index contributed by atoms with van der Waals surface area (Å²) in [7, 11) is 0. The number of benzene rings is 2. The van der Waals surface area contributed by atoms with Crippen molar-refractivity contribution in [3.63, 3.8) is 0 Å². The molecule has 118 valence electrons. The number of halogens is 2. The zero-order valence-corrected chi connectivity index (χ0v) is 14.0. The molecule has 2 heterocycles. The molecule has 0 unspecified atom stereocenters. The molecule has 4 nitrogen and oxygen atoms in total. The van der Waals surface area contributed by atoms with E-state index in [4.69, 9.17) is 23.2 Å². The van der Waals surface area contributed by atoms with Crippen LogP contribution in [0.1, 0.15) is 11.1 Å². The molecule has 0 amide bonds. The second kappa shape index (κ2) is 5.65. The normalized spacial score (nSPS) is 19.2. The zero-order chi connectivity index (χ0) is 16.6. The Morgan fingerprint density at radius 3 is 1.21 bits per heavy atom. The van der Waals surface area contributed by atoms with E-state index in [0.717, 1.165) is 11.1 Å². The molecular formula is C18H12Cl2N4. The Labute approximate surface area is 149 Å². The van der Waals surface area contributed by atoms with E-state index in [2.05, 4.69) is 20.0 Å². The van der Waals surface area contributed by atoms with Crippen LogP contribution in [0, 0.1) is 0 Å². The Morgan fingerprint density at radius 1 is 0.542 bits per heavy atom. The Kier molecular flexibility index (Phi) is 3.59. The summed E-state index contributed by atoms with van der Waals surface area (Å²) in [6.45, 7) is 0. The van der Waals surface area contributed by atoms with E-state index in [9.17, 15) is 0 Å². The quantitative estimate of drug-likeness (QED) is 0.788. The molecule has 0 spiro atoms. The van der Waals surface area contributed by atoms with Crippen molar-refractivity contribution >= 4 is 48.1 Å². The second-order valence-corrected chi connectivity index (χ2v) is 6.23. The Morgan fingerprint density at radius 2 is 0.875 bits per heavy atom. The Balaban J connectivity index is 2.05. The van der Waals surface area contributed by atoms with Gasteiger partial charge in [-0.05, 0) is 12.1 Å². The molecule has 0 aromatic heterocycles. The fraction of sp³-hybridized carbons (Fsp3) is 0.111. The Bertz CT molecular complexity index is 815. The average molecular weight is 355 g/mol. The average Bonchev–Trinajstić information content (AvgIpc) is 3.26. The van der Waals surface area contributed by atoms with Crippen molar-refractivity contribution in [2.45, 2.75) is 11.3 Å². The SMILES string of the molecule is Clc1ccccc1C1(C2(c3ccccc3Cl)N=CC=N2)N=CC=N1. The van der Waals surface area contributed by atoms with Crippen LogP contribution in [0.4, 0.5) is 0 Å². The molecule has 2 aromatic rings. The van der Waals surface area contributed by atoms with Gasteiger partial charge in [-0.2, -0.15) is 0 Å². The van der Waals surface area contributed by atoms with E-state index < -0.39 is 11.3 Å². The molecule has 0 N–H and O–H groups in total. The molecule has 2 aliphatic heterocycles. The van der Waals surface area contributed by atoms with E-state index in [1.807, 2.05) is 48.5 Å². The maximum absolute atomic E-state index is 6.48. The predicted molar refractivity (Wildman–Crippen MR) is 100 cm³/mol.